The van der Waals surface area contributed by atoms with Crippen LogP contribution in [-0.4, -0.2) is 0 Å². The van der Waals surface area contributed by atoms with Gasteiger partial charge in [0.25, 0.3) is 0 Å². The molecule has 0 atom stereocenters. The molecule has 2 aromatic carbocycles. The molecule has 0 radical (unpaired) electrons. The second-order valence-electron chi connectivity index (χ2n) is 6.80. The summed E-state index contributed by atoms with van der Waals surface area (Å²) >= 11 is 0. The van der Waals surface area contributed by atoms with Crippen LogP contribution in [0.5, 0.6) is 0 Å². The van der Waals surface area contributed by atoms with Gasteiger partial charge in [0, 0.05) is 0 Å². The van der Waals surface area contributed by atoms with Gasteiger partial charge >= 0.3 is 0 Å². The summed E-state index contributed by atoms with van der Waals surface area (Å²) in [5, 5.41) is 0. The largest absolute Gasteiger partial charge is 0.0955 e. The van der Waals surface area contributed by atoms with E-state index in [0.29, 0.717) is 0 Å². The average Bonchev–Trinajstić information content (AvgIpc) is 2.45. The van der Waals surface area contributed by atoms with Crippen molar-refractivity contribution >= 4 is 5.57 Å². The van der Waals surface area contributed by atoms with Gasteiger partial charge in [-0.3, -0.25) is 0 Å². The van der Waals surface area contributed by atoms with Gasteiger partial charge in [-0.05, 0) is 52.6 Å². The van der Waals surface area contributed by atoms with E-state index in [2.05, 4.69) is 83.7 Å². The van der Waals surface area contributed by atoms with Gasteiger partial charge in [-0.15, -0.1) is 0 Å². The minimum Gasteiger partial charge on any atom is -0.0955 e. The molecule has 21 heavy (non-hydrogen) atoms. The highest BCUT2D eigenvalue weighted by atomic mass is 14.2. The molecule has 0 N–H and O–H groups in total. The third kappa shape index (κ3) is 3.26. The zero-order valence-corrected chi connectivity index (χ0v) is 14.0. The van der Waals surface area contributed by atoms with Gasteiger partial charge in [0.1, 0.15) is 0 Å². The van der Waals surface area contributed by atoms with Gasteiger partial charge in [-0.1, -0.05) is 76.2 Å². The minimum atomic E-state index is 0.142. The highest BCUT2D eigenvalue weighted by molar-refractivity contribution is 5.75. The molecule has 0 aliphatic carbocycles. The predicted octanol–water partition coefficient (Wildman–Crippen LogP) is 6.25. The van der Waals surface area contributed by atoms with E-state index in [-0.39, 0.29) is 5.41 Å². The molecule has 110 valence electrons. The van der Waals surface area contributed by atoms with Crippen molar-refractivity contribution in [2.45, 2.75) is 46.5 Å². The van der Waals surface area contributed by atoms with Crippen LogP contribution >= 0.6 is 0 Å². The molecule has 0 unspecified atom stereocenters. The van der Waals surface area contributed by atoms with E-state index in [0.717, 1.165) is 12.0 Å². The SMILES string of the molecule is C=C(C)c1cc(-c2ccccc2C(C)(C)C)ccc1CC. The van der Waals surface area contributed by atoms with Crippen molar-refractivity contribution in [3.63, 3.8) is 0 Å². The Bertz CT molecular complexity index is 654. The maximum absolute atomic E-state index is 4.14. The fourth-order valence-electron chi connectivity index (χ4n) is 2.84. The Hall–Kier alpha value is -1.82. The van der Waals surface area contributed by atoms with Crippen molar-refractivity contribution in [3.8, 4) is 11.1 Å². The Kier molecular flexibility index (Phi) is 4.37. The lowest BCUT2D eigenvalue weighted by Crippen LogP contribution is -2.12. The molecule has 2 rings (SSSR count). The number of aryl methyl sites for hydroxylation is 1. The quantitative estimate of drug-likeness (QED) is 0.622. The molecule has 0 nitrogen and oxygen atoms in total. The first-order valence-corrected chi connectivity index (χ1v) is 7.73. The second kappa shape index (κ2) is 5.89. The van der Waals surface area contributed by atoms with E-state index in [1.54, 1.807) is 0 Å². The van der Waals surface area contributed by atoms with E-state index in [4.69, 9.17) is 0 Å². The maximum Gasteiger partial charge on any atom is -0.0126 e. The third-order valence-corrected chi connectivity index (χ3v) is 4.00. The van der Waals surface area contributed by atoms with E-state index < -0.39 is 0 Å². The first-order valence-electron chi connectivity index (χ1n) is 7.73. The summed E-state index contributed by atoms with van der Waals surface area (Å²) in [6.45, 7) is 15.2. The molecule has 0 amide bonds. The highest BCUT2D eigenvalue weighted by Gasteiger charge is 2.18. The van der Waals surface area contributed by atoms with Crippen molar-refractivity contribution in [2.75, 3.05) is 0 Å². The average molecular weight is 278 g/mol. The summed E-state index contributed by atoms with van der Waals surface area (Å²) < 4.78 is 0. The lowest BCUT2D eigenvalue weighted by atomic mass is 9.81. The monoisotopic (exact) mass is 278 g/mol. The fourth-order valence-corrected chi connectivity index (χ4v) is 2.84. The van der Waals surface area contributed by atoms with Gasteiger partial charge in [0.05, 0.1) is 0 Å². The summed E-state index contributed by atoms with van der Waals surface area (Å²) in [6.07, 6.45) is 1.05. The zero-order chi connectivity index (χ0) is 15.6. The Balaban J connectivity index is 2.63. The number of rotatable bonds is 3. The summed E-state index contributed by atoms with van der Waals surface area (Å²) in [5.74, 6) is 0. The van der Waals surface area contributed by atoms with Crippen LogP contribution in [0.1, 0.15) is 51.3 Å². The van der Waals surface area contributed by atoms with Crippen molar-refractivity contribution in [1.29, 1.82) is 0 Å². The molecular weight excluding hydrogens is 252 g/mol. The van der Waals surface area contributed by atoms with Gasteiger partial charge in [0.2, 0.25) is 0 Å². The van der Waals surface area contributed by atoms with E-state index >= 15 is 0 Å². The van der Waals surface area contributed by atoms with Crippen molar-refractivity contribution in [3.05, 3.63) is 65.7 Å². The molecule has 0 saturated carbocycles. The molecule has 0 aliphatic heterocycles. The zero-order valence-electron chi connectivity index (χ0n) is 14.0. The van der Waals surface area contributed by atoms with Gasteiger partial charge in [0.15, 0.2) is 0 Å². The second-order valence-corrected chi connectivity index (χ2v) is 6.80. The van der Waals surface area contributed by atoms with Crippen molar-refractivity contribution in [1.82, 2.24) is 0 Å². The van der Waals surface area contributed by atoms with Crippen LogP contribution in [0.15, 0.2) is 49.0 Å². The first-order chi connectivity index (χ1) is 9.84. The van der Waals surface area contributed by atoms with Crippen LogP contribution in [0, 0.1) is 0 Å². The molecule has 0 heterocycles. The Morgan fingerprint density at radius 3 is 2.29 bits per heavy atom. The van der Waals surface area contributed by atoms with Crippen LogP contribution in [0.25, 0.3) is 16.7 Å². The lowest BCUT2D eigenvalue weighted by molar-refractivity contribution is 0.592. The smallest absolute Gasteiger partial charge is 0.0126 e. The van der Waals surface area contributed by atoms with E-state index in [1.165, 1.54) is 27.8 Å². The predicted molar refractivity (Wildman–Crippen MR) is 94.7 cm³/mol. The summed E-state index contributed by atoms with van der Waals surface area (Å²) in [7, 11) is 0. The summed E-state index contributed by atoms with van der Waals surface area (Å²) in [4.78, 5) is 0. The minimum absolute atomic E-state index is 0.142. The normalized spacial score (nSPS) is 11.5. The molecule has 0 aromatic heterocycles. The number of hydrogen-bond acceptors (Lipinski definition) is 0. The number of allylic oxidation sites excluding steroid dienone is 1. The third-order valence-electron chi connectivity index (χ3n) is 4.00. The molecule has 0 saturated heterocycles. The molecule has 2 aromatic rings. The number of hydrogen-bond donors (Lipinski definition) is 0. The standard InChI is InChI=1S/C21H26/c1-7-16-12-13-17(14-19(16)15(2)3)18-10-8-9-11-20(18)21(4,5)6/h8-14H,2,7H2,1,3-6H3. The van der Waals surface area contributed by atoms with Crippen molar-refractivity contribution < 1.29 is 0 Å². The lowest BCUT2D eigenvalue weighted by Gasteiger charge is -2.23. The van der Waals surface area contributed by atoms with Crippen LogP contribution in [0.3, 0.4) is 0 Å². The fraction of sp³-hybridized carbons (Fsp3) is 0.333. The number of benzene rings is 2. The summed E-state index contributed by atoms with van der Waals surface area (Å²) in [5.41, 5.74) is 7.96. The van der Waals surface area contributed by atoms with Crippen LogP contribution < -0.4 is 0 Å². The Morgan fingerprint density at radius 1 is 1.05 bits per heavy atom. The van der Waals surface area contributed by atoms with Gasteiger partial charge in [-0.2, -0.15) is 0 Å². The van der Waals surface area contributed by atoms with Crippen LogP contribution in [0.4, 0.5) is 0 Å². The van der Waals surface area contributed by atoms with E-state index in [9.17, 15) is 0 Å². The maximum atomic E-state index is 4.14. The molecule has 0 spiro atoms. The van der Waals surface area contributed by atoms with Gasteiger partial charge < -0.3 is 0 Å². The Labute approximate surface area is 129 Å². The van der Waals surface area contributed by atoms with Crippen molar-refractivity contribution in [2.24, 2.45) is 0 Å². The Morgan fingerprint density at radius 2 is 1.71 bits per heavy atom. The first kappa shape index (κ1) is 15.6. The molecule has 0 bridgehead atoms. The van der Waals surface area contributed by atoms with E-state index in [1.807, 2.05) is 0 Å². The van der Waals surface area contributed by atoms with Crippen LogP contribution in [0.2, 0.25) is 0 Å². The molecule has 0 fully saturated rings. The molecular formula is C21H26. The van der Waals surface area contributed by atoms with Gasteiger partial charge in [-0.25, -0.2) is 0 Å². The summed E-state index contributed by atoms with van der Waals surface area (Å²) in [6, 6.07) is 15.5. The van der Waals surface area contributed by atoms with Crippen LogP contribution in [-0.2, 0) is 11.8 Å². The molecule has 0 aliphatic rings. The topological polar surface area (TPSA) is 0 Å². The highest BCUT2D eigenvalue weighted by Crippen LogP contribution is 2.34. The molecule has 0 heteroatoms.